The van der Waals surface area contributed by atoms with Gasteiger partial charge in [-0.05, 0) is 37.5 Å². The van der Waals surface area contributed by atoms with Gasteiger partial charge in [0.25, 0.3) is 0 Å². The van der Waals surface area contributed by atoms with E-state index in [4.69, 9.17) is 5.73 Å². The van der Waals surface area contributed by atoms with Gasteiger partial charge in [-0.3, -0.25) is 0 Å². The molecule has 0 radical (unpaired) electrons. The van der Waals surface area contributed by atoms with Crippen LogP contribution in [0.5, 0.6) is 0 Å². The predicted octanol–water partition coefficient (Wildman–Crippen LogP) is 1.27. The molecule has 12 heavy (non-hydrogen) atoms. The minimum atomic E-state index is -0.608. The lowest BCUT2D eigenvalue weighted by molar-refractivity contribution is -0.259. The lowest BCUT2D eigenvalue weighted by Crippen LogP contribution is -2.77. The average molecular weight is 169 g/mol. The van der Waals surface area contributed by atoms with Gasteiger partial charge in [-0.1, -0.05) is 13.8 Å². The van der Waals surface area contributed by atoms with Gasteiger partial charge < -0.3 is 10.8 Å². The highest BCUT2D eigenvalue weighted by molar-refractivity contribution is 5.22. The summed E-state index contributed by atoms with van der Waals surface area (Å²) in [6.07, 6.45) is 3.06. The molecule has 0 amide bonds. The van der Waals surface area contributed by atoms with Crippen LogP contribution >= 0.6 is 0 Å². The Labute approximate surface area is 74.1 Å². The third-order valence-corrected chi connectivity index (χ3v) is 4.59. The molecule has 70 valence electrons. The summed E-state index contributed by atoms with van der Waals surface area (Å²) in [6.45, 7) is 6.28. The van der Waals surface area contributed by atoms with E-state index >= 15 is 0 Å². The second kappa shape index (κ2) is 1.88. The van der Waals surface area contributed by atoms with Crippen molar-refractivity contribution in [3.8, 4) is 0 Å². The van der Waals surface area contributed by atoms with Crippen LogP contribution in [0.1, 0.15) is 40.0 Å². The molecule has 0 saturated heterocycles. The minimum Gasteiger partial charge on any atom is -0.387 e. The molecule has 0 aromatic heterocycles. The Hall–Kier alpha value is -0.0800. The van der Waals surface area contributed by atoms with E-state index in [0.29, 0.717) is 5.92 Å². The molecule has 3 aliphatic carbocycles. The Morgan fingerprint density at radius 3 is 2.25 bits per heavy atom. The quantitative estimate of drug-likeness (QED) is 0.573. The Kier molecular flexibility index (Phi) is 1.33. The largest absolute Gasteiger partial charge is 0.387 e. The first-order valence-corrected chi connectivity index (χ1v) is 4.82. The first-order valence-electron chi connectivity index (χ1n) is 4.82. The molecule has 3 N–H and O–H groups in total. The van der Waals surface area contributed by atoms with Crippen molar-refractivity contribution in [2.24, 2.45) is 17.1 Å². The van der Waals surface area contributed by atoms with E-state index in [9.17, 15) is 5.11 Å². The molecule has 3 rings (SSSR count). The van der Waals surface area contributed by atoms with Gasteiger partial charge in [0.15, 0.2) is 0 Å². The van der Waals surface area contributed by atoms with Crippen molar-refractivity contribution in [2.75, 3.05) is 0 Å². The molecule has 2 bridgehead atoms. The van der Waals surface area contributed by atoms with Crippen LogP contribution in [-0.4, -0.2) is 16.2 Å². The fourth-order valence-corrected chi connectivity index (χ4v) is 3.19. The zero-order valence-corrected chi connectivity index (χ0v) is 8.22. The summed E-state index contributed by atoms with van der Waals surface area (Å²) >= 11 is 0. The van der Waals surface area contributed by atoms with Crippen LogP contribution in [0.15, 0.2) is 0 Å². The second-order valence-corrected chi connectivity index (χ2v) is 5.44. The molecule has 0 spiro atoms. The van der Waals surface area contributed by atoms with E-state index in [1.54, 1.807) is 0 Å². The van der Waals surface area contributed by atoms with Crippen molar-refractivity contribution in [2.45, 2.75) is 51.2 Å². The predicted molar refractivity (Wildman–Crippen MR) is 48.7 cm³/mol. The van der Waals surface area contributed by atoms with Crippen LogP contribution in [0.3, 0.4) is 0 Å². The van der Waals surface area contributed by atoms with Crippen molar-refractivity contribution in [1.82, 2.24) is 0 Å². The van der Waals surface area contributed by atoms with Crippen LogP contribution in [0.25, 0.3) is 0 Å². The Morgan fingerprint density at radius 2 is 1.92 bits per heavy atom. The molecular weight excluding hydrogens is 150 g/mol. The van der Waals surface area contributed by atoms with Crippen LogP contribution in [0, 0.1) is 11.3 Å². The molecule has 0 aromatic carbocycles. The summed E-state index contributed by atoms with van der Waals surface area (Å²) < 4.78 is 0. The third kappa shape index (κ3) is 0.647. The number of nitrogens with two attached hydrogens (primary N) is 1. The number of rotatable bonds is 0. The van der Waals surface area contributed by atoms with E-state index in [1.165, 1.54) is 6.42 Å². The van der Waals surface area contributed by atoms with Crippen molar-refractivity contribution < 1.29 is 5.11 Å². The third-order valence-electron chi connectivity index (χ3n) is 4.59. The van der Waals surface area contributed by atoms with Gasteiger partial charge in [0.05, 0.1) is 5.60 Å². The maximum atomic E-state index is 10.4. The van der Waals surface area contributed by atoms with Gasteiger partial charge in [0, 0.05) is 5.54 Å². The molecular formula is C10H19NO. The van der Waals surface area contributed by atoms with E-state index in [-0.39, 0.29) is 11.0 Å². The lowest BCUT2D eigenvalue weighted by Gasteiger charge is -2.69. The maximum Gasteiger partial charge on any atom is 0.0879 e. The van der Waals surface area contributed by atoms with Gasteiger partial charge in [0.1, 0.15) is 0 Å². The summed E-state index contributed by atoms with van der Waals surface area (Å²) in [5.41, 5.74) is 5.18. The first kappa shape index (κ1) is 8.52. The van der Waals surface area contributed by atoms with E-state index in [1.807, 2.05) is 6.92 Å². The maximum absolute atomic E-state index is 10.4. The average Bonchev–Trinajstić information content (AvgIpc) is 1.94. The van der Waals surface area contributed by atoms with Gasteiger partial charge in [-0.2, -0.15) is 0 Å². The number of fused-ring (bicyclic) bond motifs is 2. The highest BCUT2D eigenvalue weighted by Gasteiger charge is 2.68. The summed E-state index contributed by atoms with van der Waals surface area (Å²) in [6, 6.07) is 0. The van der Waals surface area contributed by atoms with Crippen molar-refractivity contribution in [3.05, 3.63) is 0 Å². The highest BCUT2D eigenvalue weighted by atomic mass is 16.3. The summed E-state index contributed by atoms with van der Waals surface area (Å²) in [5.74, 6) is 0.694. The van der Waals surface area contributed by atoms with Gasteiger partial charge in [-0.25, -0.2) is 0 Å². The van der Waals surface area contributed by atoms with Crippen LogP contribution < -0.4 is 5.73 Å². The molecule has 0 aromatic rings. The Bertz CT molecular complexity index is 212. The number of hydrogen-bond donors (Lipinski definition) is 2. The van der Waals surface area contributed by atoms with E-state index in [0.717, 1.165) is 12.8 Å². The van der Waals surface area contributed by atoms with Gasteiger partial charge >= 0.3 is 0 Å². The van der Waals surface area contributed by atoms with E-state index < -0.39 is 5.60 Å². The molecule has 0 aliphatic heterocycles. The molecule has 3 fully saturated rings. The van der Waals surface area contributed by atoms with Crippen molar-refractivity contribution >= 4 is 0 Å². The van der Waals surface area contributed by atoms with Crippen LogP contribution in [0.4, 0.5) is 0 Å². The topological polar surface area (TPSA) is 46.2 Å². The highest BCUT2D eigenvalue weighted by Crippen LogP contribution is 2.64. The molecule has 3 atom stereocenters. The SMILES string of the molecule is CC1(N)CCC2CC1(O)C2(C)C. The fourth-order valence-electron chi connectivity index (χ4n) is 3.19. The summed E-state index contributed by atoms with van der Waals surface area (Å²) in [7, 11) is 0. The Morgan fingerprint density at radius 1 is 1.33 bits per heavy atom. The van der Waals surface area contributed by atoms with Crippen LogP contribution in [-0.2, 0) is 0 Å². The standard InChI is InChI=1S/C10H19NO/c1-8(2)7-4-5-9(3,11)10(8,12)6-7/h7,12H,4-6,11H2,1-3H3. The minimum absolute atomic E-state index is 0.0365. The molecule has 3 unspecified atom stereocenters. The molecule has 3 saturated carbocycles. The zero-order chi connectivity index (χ0) is 9.20. The lowest BCUT2D eigenvalue weighted by atomic mass is 9.40. The molecule has 2 heteroatoms. The molecule has 3 aliphatic rings. The first-order chi connectivity index (χ1) is 5.31. The summed E-state index contributed by atoms with van der Waals surface area (Å²) in [4.78, 5) is 0. The molecule has 2 nitrogen and oxygen atoms in total. The monoisotopic (exact) mass is 169 g/mol. The molecule has 0 heterocycles. The fraction of sp³-hybridized carbons (Fsp3) is 1.00. The normalized spacial score (nSPS) is 56.2. The van der Waals surface area contributed by atoms with Crippen LogP contribution in [0.2, 0.25) is 0 Å². The van der Waals surface area contributed by atoms with Gasteiger partial charge in [0.2, 0.25) is 0 Å². The van der Waals surface area contributed by atoms with E-state index in [2.05, 4.69) is 13.8 Å². The smallest absolute Gasteiger partial charge is 0.0879 e. The second-order valence-electron chi connectivity index (χ2n) is 5.44. The number of aliphatic hydroxyl groups is 1. The Balaban J connectivity index is 2.37. The van der Waals surface area contributed by atoms with Crippen molar-refractivity contribution in [1.29, 1.82) is 0 Å². The van der Waals surface area contributed by atoms with Crippen molar-refractivity contribution in [3.63, 3.8) is 0 Å². The summed E-state index contributed by atoms with van der Waals surface area (Å²) in [5, 5.41) is 10.4. The van der Waals surface area contributed by atoms with Gasteiger partial charge in [-0.15, -0.1) is 0 Å². The number of hydrogen-bond acceptors (Lipinski definition) is 2. The zero-order valence-electron chi connectivity index (χ0n) is 8.22.